The molecule has 82 valence electrons. The summed E-state index contributed by atoms with van der Waals surface area (Å²) >= 11 is 0. The minimum atomic E-state index is 0.0159. The fraction of sp³-hybridized carbons (Fsp3) is 1.00. The van der Waals surface area contributed by atoms with Gasteiger partial charge in [-0.2, -0.15) is 0 Å². The van der Waals surface area contributed by atoms with Gasteiger partial charge in [-0.1, -0.05) is 12.8 Å². The Morgan fingerprint density at radius 1 is 1.21 bits per heavy atom. The Morgan fingerprint density at radius 2 is 1.86 bits per heavy atom. The molecule has 0 atom stereocenters. The Kier molecular flexibility index (Phi) is 3.42. The molecule has 14 heavy (non-hydrogen) atoms. The quantitative estimate of drug-likeness (QED) is 0.748. The van der Waals surface area contributed by atoms with Crippen LogP contribution in [-0.4, -0.2) is 31.5 Å². The van der Waals surface area contributed by atoms with E-state index in [1.807, 2.05) is 0 Å². The smallest absolute Gasteiger partial charge is 0.0807 e. The molecule has 2 fully saturated rings. The maximum atomic E-state index is 6.18. The van der Waals surface area contributed by atoms with Crippen LogP contribution >= 0.6 is 0 Å². The molecular weight excluding hydrogens is 178 g/mol. The summed E-state index contributed by atoms with van der Waals surface area (Å²) in [4.78, 5) is 0. The van der Waals surface area contributed by atoms with Crippen molar-refractivity contribution in [3.63, 3.8) is 0 Å². The molecule has 0 aromatic heterocycles. The molecule has 1 aliphatic carbocycles. The summed E-state index contributed by atoms with van der Waals surface area (Å²) < 4.78 is 11.5. The number of ether oxygens (including phenoxy) is 2. The molecule has 0 amide bonds. The monoisotopic (exact) mass is 199 g/mol. The highest BCUT2D eigenvalue weighted by molar-refractivity contribution is 4.88. The molecule has 1 saturated carbocycles. The van der Waals surface area contributed by atoms with Gasteiger partial charge >= 0.3 is 0 Å². The summed E-state index contributed by atoms with van der Waals surface area (Å²) in [6.45, 7) is 2.39. The van der Waals surface area contributed by atoms with E-state index in [1.165, 1.54) is 12.8 Å². The summed E-state index contributed by atoms with van der Waals surface area (Å²) in [5.41, 5.74) is 5.85. The minimum absolute atomic E-state index is 0.0159. The van der Waals surface area contributed by atoms with Gasteiger partial charge in [0, 0.05) is 19.8 Å². The molecule has 0 radical (unpaired) electrons. The van der Waals surface area contributed by atoms with E-state index in [0.717, 1.165) is 38.9 Å². The van der Waals surface area contributed by atoms with E-state index in [0.29, 0.717) is 12.6 Å². The molecule has 0 aromatic carbocycles. The molecule has 2 rings (SSSR count). The SMILES string of the molecule is NCC1(OC2CCOCC2)CCCC1. The minimum Gasteiger partial charge on any atom is -0.381 e. The maximum absolute atomic E-state index is 6.18. The first-order chi connectivity index (χ1) is 6.85. The summed E-state index contributed by atoms with van der Waals surface area (Å²) in [5.74, 6) is 0. The number of hydrogen-bond donors (Lipinski definition) is 1. The van der Waals surface area contributed by atoms with E-state index in [-0.39, 0.29) is 5.60 Å². The predicted molar refractivity (Wildman–Crippen MR) is 55.2 cm³/mol. The average molecular weight is 199 g/mol. The fourth-order valence-corrected chi connectivity index (χ4v) is 2.54. The van der Waals surface area contributed by atoms with Crippen LogP contribution < -0.4 is 5.73 Å². The van der Waals surface area contributed by atoms with Gasteiger partial charge in [0.05, 0.1) is 11.7 Å². The molecule has 3 nitrogen and oxygen atoms in total. The van der Waals surface area contributed by atoms with Crippen molar-refractivity contribution in [2.45, 2.75) is 50.2 Å². The van der Waals surface area contributed by atoms with Crippen molar-refractivity contribution in [3.8, 4) is 0 Å². The summed E-state index contributed by atoms with van der Waals surface area (Å²) in [7, 11) is 0. The standard InChI is InChI=1S/C11H21NO2/c12-9-11(5-1-2-6-11)14-10-3-7-13-8-4-10/h10H,1-9,12H2. The van der Waals surface area contributed by atoms with Gasteiger partial charge in [0.1, 0.15) is 0 Å². The zero-order valence-electron chi connectivity index (χ0n) is 8.84. The first kappa shape index (κ1) is 10.4. The maximum Gasteiger partial charge on any atom is 0.0807 e. The van der Waals surface area contributed by atoms with Crippen molar-refractivity contribution in [1.29, 1.82) is 0 Å². The van der Waals surface area contributed by atoms with Gasteiger partial charge in [-0.05, 0) is 25.7 Å². The lowest BCUT2D eigenvalue weighted by atomic mass is 10.0. The van der Waals surface area contributed by atoms with Crippen LogP contribution in [0.2, 0.25) is 0 Å². The number of nitrogens with two attached hydrogens (primary N) is 1. The van der Waals surface area contributed by atoms with Gasteiger partial charge < -0.3 is 15.2 Å². The van der Waals surface area contributed by atoms with Gasteiger partial charge in [-0.15, -0.1) is 0 Å². The Bertz CT molecular complexity index is 172. The first-order valence-corrected chi connectivity index (χ1v) is 5.80. The van der Waals surface area contributed by atoms with Gasteiger partial charge in [0.25, 0.3) is 0 Å². The van der Waals surface area contributed by atoms with E-state index in [9.17, 15) is 0 Å². The van der Waals surface area contributed by atoms with Crippen molar-refractivity contribution in [3.05, 3.63) is 0 Å². The molecule has 0 spiro atoms. The molecule has 1 heterocycles. The summed E-state index contributed by atoms with van der Waals surface area (Å²) in [6, 6.07) is 0. The highest BCUT2D eigenvalue weighted by atomic mass is 16.5. The lowest BCUT2D eigenvalue weighted by Crippen LogP contribution is -2.42. The second-order valence-corrected chi connectivity index (χ2v) is 4.52. The molecule has 1 saturated heterocycles. The van der Waals surface area contributed by atoms with E-state index < -0.39 is 0 Å². The Morgan fingerprint density at radius 3 is 2.43 bits per heavy atom. The molecule has 2 aliphatic rings. The third kappa shape index (κ3) is 2.27. The second kappa shape index (κ2) is 4.60. The number of hydrogen-bond acceptors (Lipinski definition) is 3. The largest absolute Gasteiger partial charge is 0.381 e. The molecular formula is C11H21NO2. The Labute approximate surface area is 85.9 Å². The Balaban J connectivity index is 1.86. The van der Waals surface area contributed by atoms with Crippen molar-refractivity contribution in [2.75, 3.05) is 19.8 Å². The van der Waals surface area contributed by atoms with Gasteiger partial charge in [0.2, 0.25) is 0 Å². The number of rotatable bonds is 3. The van der Waals surface area contributed by atoms with E-state index in [2.05, 4.69) is 0 Å². The van der Waals surface area contributed by atoms with Gasteiger partial charge in [0.15, 0.2) is 0 Å². The summed E-state index contributed by atoms with van der Waals surface area (Å²) in [5, 5.41) is 0. The van der Waals surface area contributed by atoms with Gasteiger partial charge in [-0.25, -0.2) is 0 Å². The van der Waals surface area contributed by atoms with E-state index in [1.54, 1.807) is 0 Å². The highest BCUT2D eigenvalue weighted by Gasteiger charge is 2.36. The van der Waals surface area contributed by atoms with Crippen molar-refractivity contribution in [1.82, 2.24) is 0 Å². The lowest BCUT2D eigenvalue weighted by Gasteiger charge is -2.34. The van der Waals surface area contributed by atoms with Gasteiger partial charge in [-0.3, -0.25) is 0 Å². The van der Waals surface area contributed by atoms with Crippen LogP contribution in [0.1, 0.15) is 38.5 Å². The van der Waals surface area contributed by atoms with Crippen LogP contribution in [0.3, 0.4) is 0 Å². The van der Waals surface area contributed by atoms with E-state index >= 15 is 0 Å². The summed E-state index contributed by atoms with van der Waals surface area (Å²) in [6.07, 6.45) is 7.34. The van der Waals surface area contributed by atoms with Crippen LogP contribution in [-0.2, 0) is 9.47 Å². The fourth-order valence-electron chi connectivity index (χ4n) is 2.54. The third-order valence-electron chi connectivity index (χ3n) is 3.47. The van der Waals surface area contributed by atoms with Crippen molar-refractivity contribution in [2.24, 2.45) is 5.73 Å². The highest BCUT2D eigenvalue weighted by Crippen LogP contribution is 2.34. The Hall–Kier alpha value is -0.120. The zero-order chi connectivity index (χ0) is 9.86. The molecule has 3 heteroatoms. The normalized spacial score (nSPS) is 28.1. The molecule has 1 aliphatic heterocycles. The van der Waals surface area contributed by atoms with Crippen LogP contribution in [0.5, 0.6) is 0 Å². The average Bonchev–Trinajstić information content (AvgIpc) is 2.69. The van der Waals surface area contributed by atoms with Crippen LogP contribution in [0.25, 0.3) is 0 Å². The molecule has 0 aromatic rings. The topological polar surface area (TPSA) is 44.5 Å². The molecule has 2 N–H and O–H groups in total. The molecule has 0 unspecified atom stereocenters. The van der Waals surface area contributed by atoms with Crippen molar-refractivity contribution < 1.29 is 9.47 Å². The van der Waals surface area contributed by atoms with Crippen molar-refractivity contribution >= 4 is 0 Å². The van der Waals surface area contributed by atoms with Crippen LogP contribution in [0.4, 0.5) is 0 Å². The third-order valence-corrected chi connectivity index (χ3v) is 3.47. The van der Waals surface area contributed by atoms with Crippen LogP contribution in [0.15, 0.2) is 0 Å². The first-order valence-electron chi connectivity index (χ1n) is 5.80. The van der Waals surface area contributed by atoms with Crippen LogP contribution in [0, 0.1) is 0 Å². The van der Waals surface area contributed by atoms with E-state index in [4.69, 9.17) is 15.2 Å². The zero-order valence-corrected chi connectivity index (χ0v) is 8.84. The second-order valence-electron chi connectivity index (χ2n) is 4.52. The molecule has 0 bridgehead atoms. The lowest BCUT2D eigenvalue weighted by molar-refractivity contribution is -0.118. The predicted octanol–water partition coefficient (Wildman–Crippen LogP) is 1.45.